The van der Waals surface area contributed by atoms with Crippen molar-refractivity contribution in [2.75, 3.05) is 0 Å². The molecule has 0 atom stereocenters. The molecule has 0 aliphatic heterocycles. The molecule has 9 nitrogen and oxygen atoms in total. The summed E-state index contributed by atoms with van der Waals surface area (Å²) >= 11 is 0. The zero-order valence-electron chi connectivity index (χ0n) is 12.3. The zero-order chi connectivity index (χ0) is 16.7. The van der Waals surface area contributed by atoms with E-state index < -0.39 is 16.8 Å². The number of amides is 1. The third kappa shape index (κ3) is 5.16. The van der Waals surface area contributed by atoms with Crippen LogP contribution in [0.5, 0.6) is 0 Å². The molecule has 1 heterocycles. The Morgan fingerprint density at radius 2 is 2.17 bits per heavy atom. The molecule has 0 radical (unpaired) electrons. The zero-order valence-corrected chi connectivity index (χ0v) is 12.3. The van der Waals surface area contributed by atoms with Crippen molar-refractivity contribution in [2.45, 2.75) is 13.5 Å². The fourth-order valence-electron chi connectivity index (χ4n) is 1.60. The molecule has 0 saturated heterocycles. The normalized spacial score (nSPS) is 11.6. The number of nitrogens with zero attached hydrogens (tertiary/aromatic N) is 5. The largest absolute Gasteiger partial charge is 0.490 e. The first-order valence-corrected chi connectivity index (χ1v) is 6.64. The van der Waals surface area contributed by atoms with Gasteiger partial charge in [-0.1, -0.05) is 41.4 Å². The highest BCUT2D eigenvalue weighted by Gasteiger charge is 2.14. The Morgan fingerprint density at radius 3 is 2.83 bits per heavy atom. The van der Waals surface area contributed by atoms with Crippen molar-refractivity contribution >= 4 is 23.6 Å². The maximum Gasteiger partial charge on any atom is 0.490 e. The van der Waals surface area contributed by atoms with E-state index in [-0.39, 0.29) is 6.54 Å². The van der Waals surface area contributed by atoms with Crippen molar-refractivity contribution in [1.29, 1.82) is 0 Å². The summed E-state index contributed by atoms with van der Waals surface area (Å²) in [6.45, 7) is 1.53. The topological polar surface area (TPSA) is 115 Å². The molecule has 23 heavy (non-hydrogen) atoms. The van der Waals surface area contributed by atoms with Crippen molar-refractivity contribution in [3.05, 3.63) is 58.4 Å². The van der Waals surface area contributed by atoms with Gasteiger partial charge in [-0.15, -0.1) is 0 Å². The van der Waals surface area contributed by atoms with Crippen LogP contribution in [0.3, 0.4) is 0 Å². The fraction of sp³-hybridized carbons (Fsp3) is 0.143. The standard InChI is InChI=1S/C14H14N6O3/c1-11(7-8-12-5-3-2-4-6-12)16-17-13(21)9-19-10-15-14(18-19)20(22)23/h2-8,10H,9H2,1H3,(H,17,21)/b8-7-,16-11?. The Balaban J connectivity index is 1.87. The SMILES string of the molecule is CC(/C=C\c1ccccc1)=NNC(=O)Cn1cnc([N+](=O)[O-])n1. The quantitative estimate of drug-likeness (QED) is 0.491. The van der Waals surface area contributed by atoms with E-state index in [4.69, 9.17) is 0 Å². The van der Waals surface area contributed by atoms with Gasteiger partial charge in [-0.05, 0) is 23.5 Å². The van der Waals surface area contributed by atoms with Crippen LogP contribution in [0.1, 0.15) is 12.5 Å². The van der Waals surface area contributed by atoms with Gasteiger partial charge in [-0.3, -0.25) is 4.79 Å². The highest BCUT2D eigenvalue weighted by atomic mass is 16.6. The summed E-state index contributed by atoms with van der Waals surface area (Å²) in [4.78, 5) is 24.8. The van der Waals surface area contributed by atoms with Crippen molar-refractivity contribution in [3.8, 4) is 0 Å². The Kier molecular flexibility index (Phi) is 5.29. The van der Waals surface area contributed by atoms with Gasteiger partial charge in [0.25, 0.3) is 5.91 Å². The van der Waals surface area contributed by atoms with Gasteiger partial charge >= 0.3 is 5.95 Å². The molecule has 2 rings (SSSR count). The van der Waals surface area contributed by atoms with Gasteiger partial charge in [-0.2, -0.15) is 9.78 Å². The maximum atomic E-state index is 11.7. The number of rotatable bonds is 6. The molecule has 0 aliphatic carbocycles. The monoisotopic (exact) mass is 314 g/mol. The molecule has 0 fully saturated rings. The first-order valence-electron chi connectivity index (χ1n) is 6.64. The summed E-state index contributed by atoms with van der Waals surface area (Å²) in [6, 6.07) is 9.66. The molecule has 0 aliphatic rings. The third-order valence-electron chi connectivity index (χ3n) is 2.67. The summed E-state index contributed by atoms with van der Waals surface area (Å²) in [6.07, 6.45) is 4.74. The van der Waals surface area contributed by atoms with E-state index in [2.05, 4.69) is 20.6 Å². The van der Waals surface area contributed by atoms with Crippen LogP contribution in [0.15, 0.2) is 47.8 Å². The third-order valence-corrected chi connectivity index (χ3v) is 2.67. The van der Waals surface area contributed by atoms with Crippen LogP contribution < -0.4 is 5.43 Å². The summed E-state index contributed by atoms with van der Waals surface area (Å²) in [5, 5.41) is 17.9. The van der Waals surface area contributed by atoms with Gasteiger partial charge in [-0.25, -0.2) is 5.43 Å². The minimum absolute atomic E-state index is 0.208. The number of benzene rings is 1. The molecule has 1 amide bonds. The van der Waals surface area contributed by atoms with Gasteiger partial charge in [0.2, 0.25) is 6.33 Å². The lowest BCUT2D eigenvalue weighted by Crippen LogP contribution is -2.24. The van der Waals surface area contributed by atoms with Crippen LogP contribution in [0.2, 0.25) is 0 Å². The van der Waals surface area contributed by atoms with E-state index in [0.717, 1.165) is 16.6 Å². The first kappa shape index (κ1) is 16.0. The van der Waals surface area contributed by atoms with Crippen molar-refractivity contribution in [3.63, 3.8) is 0 Å². The summed E-state index contributed by atoms with van der Waals surface area (Å²) in [7, 11) is 0. The van der Waals surface area contributed by atoms with E-state index >= 15 is 0 Å². The number of hydrogen-bond donors (Lipinski definition) is 1. The van der Waals surface area contributed by atoms with Gasteiger partial charge in [0.15, 0.2) is 0 Å². The van der Waals surface area contributed by atoms with Crippen LogP contribution >= 0.6 is 0 Å². The summed E-state index contributed by atoms with van der Waals surface area (Å²) < 4.78 is 1.07. The second-order valence-corrected chi connectivity index (χ2v) is 4.53. The molecule has 1 N–H and O–H groups in total. The van der Waals surface area contributed by atoms with E-state index in [0.29, 0.717) is 5.71 Å². The van der Waals surface area contributed by atoms with E-state index in [1.54, 1.807) is 13.0 Å². The second kappa shape index (κ2) is 7.59. The number of hydrazone groups is 1. The second-order valence-electron chi connectivity index (χ2n) is 4.53. The Bertz CT molecular complexity index is 751. The predicted octanol–water partition coefficient (Wildman–Crippen LogP) is 1.39. The molecule has 2 aromatic rings. The van der Waals surface area contributed by atoms with E-state index in [1.807, 2.05) is 36.4 Å². The molecule has 1 aromatic carbocycles. The lowest BCUT2D eigenvalue weighted by atomic mass is 10.2. The molecular weight excluding hydrogens is 300 g/mol. The summed E-state index contributed by atoms with van der Waals surface area (Å²) in [5.74, 6) is -1.01. The lowest BCUT2D eigenvalue weighted by molar-refractivity contribution is -0.394. The predicted molar refractivity (Wildman–Crippen MR) is 83.4 cm³/mol. The Hall–Kier alpha value is -3.36. The van der Waals surface area contributed by atoms with Gasteiger partial charge in [0, 0.05) is 5.10 Å². The van der Waals surface area contributed by atoms with Gasteiger partial charge < -0.3 is 10.1 Å². The molecule has 118 valence electrons. The number of aromatic nitrogens is 3. The van der Waals surface area contributed by atoms with Crippen LogP contribution in [0.4, 0.5) is 5.95 Å². The van der Waals surface area contributed by atoms with Gasteiger partial charge in [0.1, 0.15) is 6.54 Å². The molecular formula is C14H14N6O3. The average molecular weight is 314 g/mol. The van der Waals surface area contributed by atoms with Crippen molar-refractivity contribution < 1.29 is 9.72 Å². The maximum absolute atomic E-state index is 11.7. The van der Waals surface area contributed by atoms with E-state index in [9.17, 15) is 14.9 Å². The average Bonchev–Trinajstić information content (AvgIpc) is 3.00. The van der Waals surface area contributed by atoms with Crippen molar-refractivity contribution in [2.24, 2.45) is 5.10 Å². The minimum atomic E-state index is -0.731. The molecule has 0 spiro atoms. The number of nitro groups is 1. The van der Waals surface area contributed by atoms with Gasteiger partial charge in [0.05, 0.1) is 5.71 Å². The Labute approximate surface area is 131 Å². The molecule has 0 saturated carbocycles. The number of carbonyl (C=O) groups excluding carboxylic acids is 1. The van der Waals surface area contributed by atoms with Crippen LogP contribution in [0, 0.1) is 10.1 Å². The number of carbonyl (C=O) groups is 1. The highest BCUT2D eigenvalue weighted by Crippen LogP contribution is 2.01. The number of allylic oxidation sites excluding steroid dienone is 1. The van der Waals surface area contributed by atoms with Crippen LogP contribution in [-0.4, -0.2) is 31.3 Å². The number of hydrogen-bond acceptors (Lipinski definition) is 6. The molecule has 1 aromatic heterocycles. The van der Waals surface area contributed by atoms with Crippen molar-refractivity contribution in [1.82, 2.24) is 20.2 Å². The lowest BCUT2D eigenvalue weighted by Gasteiger charge is -1.98. The summed E-state index contributed by atoms with van der Waals surface area (Å²) in [5.41, 5.74) is 3.97. The Morgan fingerprint density at radius 1 is 1.43 bits per heavy atom. The smallest absolute Gasteiger partial charge is 0.390 e. The van der Waals surface area contributed by atoms with Crippen LogP contribution in [-0.2, 0) is 11.3 Å². The fourth-order valence-corrected chi connectivity index (χ4v) is 1.60. The van der Waals surface area contributed by atoms with Crippen LogP contribution in [0.25, 0.3) is 6.08 Å². The highest BCUT2D eigenvalue weighted by molar-refractivity contribution is 5.96. The first-order chi connectivity index (χ1) is 11.0. The minimum Gasteiger partial charge on any atom is -0.390 e. The number of nitrogens with one attached hydrogen (secondary N) is 1. The molecule has 0 bridgehead atoms. The molecule has 9 heteroatoms. The molecule has 0 unspecified atom stereocenters. The van der Waals surface area contributed by atoms with E-state index in [1.165, 1.54) is 0 Å².